The van der Waals surface area contributed by atoms with Crippen molar-refractivity contribution < 1.29 is 14.4 Å². The predicted octanol–water partition coefficient (Wildman–Crippen LogP) is 42.1. The number of unbranched alkanes of at least 4 members (excludes halogenated alkanes) is 63. The van der Waals surface area contributed by atoms with E-state index in [1.54, 1.807) is 0 Å². The molecule has 0 heterocycles. The van der Waals surface area contributed by atoms with Gasteiger partial charge in [0.2, 0.25) is 17.7 Å². The van der Waals surface area contributed by atoms with Crippen LogP contribution in [0.1, 0.15) is 621 Å². The average Bonchev–Trinajstić information content (AvgIpc) is 0.738. The van der Waals surface area contributed by atoms with Crippen molar-refractivity contribution in [3.8, 4) is 0 Å². The summed E-state index contributed by atoms with van der Waals surface area (Å²) < 4.78 is 0. The van der Waals surface area contributed by atoms with Gasteiger partial charge in [0.15, 0.2) is 0 Å². The van der Waals surface area contributed by atoms with Crippen molar-refractivity contribution in [3.05, 3.63) is 146 Å². The number of allylic oxidation sites excluding steroid dienone is 24. The topological polar surface area (TPSA) is 102 Å². The second-order valence-electron chi connectivity index (χ2n) is 46.4. The molecule has 0 radical (unpaired) electrons. The Hall–Kier alpha value is -4.83. The molecule has 0 aromatic heterocycles. The summed E-state index contributed by atoms with van der Waals surface area (Å²) in [5.74, 6) is -0.291. The Morgan fingerprint density at radius 1 is 0.197 bits per heavy atom. The molecule has 3 unspecified atom stereocenters. The number of amides is 3. The monoisotopic (exact) mass is 2040 g/mol. The third kappa shape index (κ3) is 93.3. The van der Waals surface area contributed by atoms with E-state index in [9.17, 15) is 4.79 Å². The summed E-state index contributed by atoms with van der Waals surface area (Å²) in [7, 11) is 0. The molecule has 9 heteroatoms. The van der Waals surface area contributed by atoms with Crippen molar-refractivity contribution in [3.63, 3.8) is 0 Å². The molecule has 1 saturated carbocycles. The molecular weight excluding hydrogens is 1790 g/mol. The van der Waals surface area contributed by atoms with Crippen LogP contribution in [0.4, 0.5) is 0 Å². The Balaban J connectivity index is 3.37. The first-order valence-corrected chi connectivity index (χ1v) is 65.1. The van der Waals surface area contributed by atoms with Crippen LogP contribution in [0, 0.1) is 16.2 Å². The van der Waals surface area contributed by atoms with E-state index in [-0.39, 0.29) is 11.8 Å². The molecule has 1 aliphatic carbocycles. The number of nitrogens with two attached hydrogens (primary N) is 1. The molecule has 1 fully saturated rings. The number of nitrogens with one attached hydrogen (secondary N) is 1. The Kier molecular flexibility index (Phi) is 106. The van der Waals surface area contributed by atoms with Gasteiger partial charge in [-0.25, -0.2) is 0 Å². The molecule has 0 aromatic rings. The molecule has 3 amide bonds. The zero-order chi connectivity index (χ0) is 106. The fourth-order valence-electron chi connectivity index (χ4n) is 22.1. The summed E-state index contributed by atoms with van der Waals surface area (Å²) in [5, 5.41) is 3.43. The van der Waals surface area contributed by atoms with Gasteiger partial charge in [0.1, 0.15) is 0 Å². The molecule has 852 valence electrons. The zero-order valence-electron chi connectivity index (χ0n) is 100.0. The highest BCUT2D eigenvalue weighted by molar-refractivity contribution is 5.90. The van der Waals surface area contributed by atoms with Crippen LogP contribution < -0.4 is 11.1 Å². The number of carbonyl (C=O) groups excluding carboxylic acids is 3. The second kappa shape index (κ2) is 111. The number of hydrogen-bond donors (Lipinski definition) is 2. The Labute approximate surface area is 918 Å². The Morgan fingerprint density at radius 2 is 0.354 bits per heavy atom. The van der Waals surface area contributed by atoms with Gasteiger partial charge in [0.05, 0.1) is 0 Å². The van der Waals surface area contributed by atoms with E-state index < -0.39 is 22.2 Å². The van der Waals surface area contributed by atoms with E-state index in [1.165, 1.54) is 482 Å². The van der Waals surface area contributed by atoms with Gasteiger partial charge < -0.3 is 30.7 Å². The first kappa shape index (κ1) is 140. The van der Waals surface area contributed by atoms with E-state index in [2.05, 4.69) is 219 Å². The van der Waals surface area contributed by atoms with Crippen LogP contribution in [0.2, 0.25) is 0 Å². The van der Waals surface area contributed by atoms with Crippen molar-refractivity contribution in [2.24, 2.45) is 22.0 Å². The van der Waals surface area contributed by atoms with Crippen LogP contribution in [0.25, 0.3) is 0 Å². The van der Waals surface area contributed by atoms with Crippen molar-refractivity contribution in [1.82, 2.24) is 24.9 Å². The molecule has 0 spiro atoms. The molecule has 9 nitrogen and oxygen atoms in total. The standard InChI is InChI=1S/C138H252N6O3/c1-10-16-22-28-34-40-46-52-58-64-70-76-82-88-95-107-119-141(120-108-96-89-83-77-71-65-59-53-47-41-35-29-23-17-11-2)125-113-101-94-106-118-140-134(146)137(8)130-136(7,133(139)145)131-138(9,132-137)135(147)144(128-116-104-102-114-126-142(121-109-97-90-84-78-72-66-60-54-48-42-36-30-24-18-12-3)122-110-98-91-85-79-73-67-61-55-49-43-37-31-25-19-13-4)129-117-105-103-115-127-143(123-111-99-92-86-80-74-68-62-56-50-44-38-32-26-20-14-5)124-112-100-93-87-81-75-69-63-57-51-45-39-33-27-21-15-6/h34-45,52-63H,10-33,46-51,64-132H2,1-9H3,(H2,139,145)(H,140,146)/b40-34-,41-35?,42-36-,43-37-,44-38-,45-39-,58-52-,59-53?,60-54-,61-55-,62-56-,63-57-. The first-order valence-electron chi connectivity index (χ1n) is 65.1. The van der Waals surface area contributed by atoms with Crippen LogP contribution in [0.3, 0.4) is 0 Å². The minimum absolute atomic E-state index is 0.0230. The highest BCUT2D eigenvalue weighted by Gasteiger charge is 2.57. The first-order chi connectivity index (χ1) is 72.3. The van der Waals surface area contributed by atoms with Crippen LogP contribution in [0.15, 0.2) is 146 Å². The number of hydrogen-bond acceptors (Lipinski definition) is 6. The molecule has 0 aromatic carbocycles. The molecule has 3 N–H and O–H groups in total. The highest BCUT2D eigenvalue weighted by Crippen LogP contribution is 2.55. The Morgan fingerprint density at radius 3 is 0.544 bits per heavy atom. The van der Waals surface area contributed by atoms with Crippen LogP contribution in [-0.4, -0.2) is 116 Å². The molecule has 147 heavy (non-hydrogen) atoms. The minimum atomic E-state index is -0.996. The lowest BCUT2D eigenvalue weighted by molar-refractivity contribution is -0.158. The summed E-state index contributed by atoms with van der Waals surface area (Å²) in [4.78, 5) is 55.6. The van der Waals surface area contributed by atoms with Gasteiger partial charge in [-0.3, -0.25) is 14.4 Å². The van der Waals surface area contributed by atoms with Crippen molar-refractivity contribution >= 4 is 17.7 Å². The van der Waals surface area contributed by atoms with Crippen LogP contribution in [-0.2, 0) is 14.4 Å². The third-order valence-electron chi connectivity index (χ3n) is 31.3. The maximum Gasteiger partial charge on any atom is 0.228 e. The predicted molar refractivity (Wildman–Crippen MR) is 658 cm³/mol. The van der Waals surface area contributed by atoms with Gasteiger partial charge in [-0.2, -0.15) is 0 Å². The summed E-state index contributed by atoms with van der Waals surface area (Å²) in [5.41, 5.74) is 3.66. The summed E-state index contributed by atoms with van der Waals surface area (Å²) in [6, 6.07) is 0. The summed E-state index contributed by atoms with van der Waals surface area (Å²) in [6.45, 7) is 32.5. The minimum Gasteiger partial charge on any atom is -0.369 e. The van der Waals surface area contributed by atoms with E-state index in [0.717, 1.165) is 129 Å². The average molecular weight is 2040 g/mol. The maximum atomic E-state index is 16.0. The lowest BCUT2D eigenvalue weighted by Crippen LogP contribution is -2.58. The van der Waals surface area contributed by atoms with E-state index in [0.29, 0.717) is 25.8 Å². The SMILES string of the molecule is CCCCCC=CCC=CCCCCCCCCN(CCCCCCCC/C=C\C/C=C\CCCCC)CCCCCCNC(=O)C1(C)CC(C)(C(N)=O)CC(C)(C(=O)N(CCCCCCN(CCCCCCCC/C=C\C/C=C\CCCCC)CCCCCCCC/C=C\C/C=C\CCCCC)CCCCCCN(CCCCCCCC/C=C\C/C=C\CCCCC)CCCCCCCC/C=C\C/C=C\CCCCC)C1. The fourth-order valence-corrected chi connectivity index (χ4v) is 22.1. The van der Waals surface area contributed by atoms with Gasteiger partial charge in [-0.1, -0.05) is 478 Å². The molecule has 1 aliphatic rings. The van der Waals surface area contributed by atoms with E-state index in [1.807, 2.05) is 13.8 Å². The quantitative estimate of drug-likeness (QED) is 0.0465. The van der Waals surface area contributed by atoms with Gasteiger partial charge in [-0.05, 0) is 348 Å². The van der Waals surface area contributed by atoms with Gasteiger partial charge in [-0.15, -0.1) is 0 Å². The maximum absolute atomic E-state index is 16.0. The van der Waals surface area contributed by atoms with E-state index >= 15 is 9.59 Å². The zero-order valence-corrected chi connectivity index (χ0v) is 100.0. The largest absolute Gasteiger partial charge is 0.369 e. The van der Waals surface area contributed by atoms with Crippen LogP contribution >= 0.6 is 0 Å². The summed E-state index contributed by atoms with van der Waals surface area (Å²) in [6.07, 6.45) is 164. The Bertz CT molecular complexity index is 2940. The van der Waals surface area contributed by atoms with Crippen molar-refractivity contribution in [2.75, 3.05) is 78.5 Å². The normalized spacial score (nSPS) is 16.2. The van der Waals surface area contributed by atoms with E-state index in [4.69, 9.17) is 5.73 Å². The van der Waals surface area contributed by atoms with Gasteiger partial charge in [0.25, 0.3) is 0 Å². The number of carbonyl (C=O) groups is 3. The molecule has 0 bridgehead atoms. The molecule has 1 rings (SSSR count). The lowest BCUT2D eigenvalue weighted by atomic mass is 9.53. The lowest BCUT2D eigenvalue weighted by Gasteiger charge is -2.51. The molecule has 0 aliphatic heterocycles. The summed E-state index contributed by atoms with van der Waals surface area (Å²) >= 11 is 0. The third-order valence-corrected chi connectivity index (χ3v) is 31.3. The number of primary amides is 1. The van der Waals surface area contributed by atoms with Crippen LogP contribution in [0.5, 0.6) is 0 Å². The van der Waals surface area contributed by atoms with Gasteiger partial charge >= 0.3 is 0 Å². The fraction of sp³-hybridized carbons (Fsp3) is 0.804. The smallest absolute Gasteiger partial charge is 0.228 e. The van der Waals surface area contributed by atoms with Crippen molar-refractivity contribution in [2.45, 2.75) is 621 Å². The highest BCUT2D eigenvalue weighted by atomic mass is 16.2. The molecular formula is C138H252N6O3. The second-order valence-corrected chi connectivity index (χ2v) is 46.4. The molecule has 3 atom stereocenters. The number of nitrogens with zero attached hydrogens (tertiary/aromatic N) is 4. The van der Waals surface area contributed by atoms with Gasteiger partial charge in [0, 0.05) is 35.9 Å². The molecule has 0 saturated heterocycles. The van der Waals surface area contributed by atoms with Crippen molar-refractivity contribution in [1.29, 1.82) is 0 Å². The number of rotatable bonds is 114.